The molecule has 0 aromatic heterocycles. The van der Waals surface area contributed by atoms with E-state index in [0.29, 0.717) is 5.56 Å². The first-order valence-corrected chi connectivity index (χ1v) is 6.71. The molecule has 0 aliphatic heterocycles. The van der Waals surface area contributed by atoms with Gasteiger partial charge in [-0.1, -0.05) is 48.5 Å². The first kappa shape index (κ1) is 12.3. The number of amides is 1. The van der Waals surface area contributed by atoms with Crippen LogP contribution in [0.5, 0.6) is 0 Å². The minimum atomic E-state index is -4.12. The Morgan fingerprint density at radius 1 is 0.889 bits per heavy atom. The number of rotatable bonds is 2. The normalized spacial score (nSPS) is 11.1. The summed E-state index contributed by atoms with van der Waals surface area (Å²) < 4.78 is 23.7. The largest absolute Gasteiger partial charge is 0.356 e. The van der Waals surface area contributed by atoms with E-state index < -0.39 is 15.1 Å². The van der Waals surface area contributed by atoms with E-state index in [1.807, 2.05) is 6.07 Å². The minimum Gasteiger partial charge on any atom is -0.356 e. The van der Waals surface area contributed by atoms with Crippen LogP contribution in [-0.4, -0.2) is 13.7 Å². The smallest absolute Gasteiger partial charge is 0.338 e. The topological polar surface area (TPSA) is 77.2 Å². The van der Waals surface area contributed by atoms with Crippen LogP contribution in [0.15, 0.2) is 59.5 Å². The highest BCUT2D eigenvalue weighted by molar-refractivity contribution is 8.06. The zero-order valence-corrected chi connectivity index (χ0v) is 10.2. The molecule has 0 saturated heterocycles. The fourth-order valence-corrected chi connectivity index (χ4v) is 2.62. The Labute approximate surface area is 105 Å². The Balaban J connectivity index is 2.69. The number of primary amides is 1. The maximum absolute atomic E-state index is 11.9. The van der Waals surface area contributed by atoms with Crippen LogP contribution in [0.3, 0.4) is 0 Å². The van der Waals surface area contributed by atoms with Gasteiger partial charge in [0.25, 0.3) is 9.84 Å². The van der Waals surface area contributed by atoms with E-state index in [9.17, 15) is 13.2 Å². The number of benzene rings is 2. The molecule has 0 aliphatic rings. The van der Waals surface area contributed by atoms with Crippen LogP contribution >= 0.6 is 0 Å². The molecule has 0 spiro atoms. The van der Waals surface area contributed by atoms with Crippen molar-refractivity contribution in [1.29, 1.82) is 0 Å². The van der Waals surface area contributed by atoms with Gasteiger partial charge in [-0.15, -0.1) is 0 Å². The monoisotopic (exact) mass is 261 g/mol. The van der Waals surface area contributed by atoms with Gasteiger partial charge in [0.15, 0.2) is 0 Å². The Bertz CT molecular complexity index is 678. The lowest BCUT2D eigenvalue weighted by Crippen LogP contribution is -2.22. The number of hydrogen-bond donors (Lipinski definition) is 1. The van der Waals surface area contributed by atoms with Gasteiger partial charge in [0.05, 0.1) is 4.90 Å². The second kappa shape index (κ2) is 4.62. The van der Waals surface area contributed by atoms with Crippen molar-refractivity contribution in [1.82, 2.24) is 0 Å². The maximum atomic E-state index is 11.9. The first-order valence-electron chi connectivity index (χ1n) is 5.22. The van der Waals surface area contributed by atoms with Crippen molar-refractivity contribution in [2.45, 2.75) is 4.90 Å². The number of carbonyl (C=O) groups excluding carboxylic acids is 1. The molecule has 1 amide bonds. The van der Waals surface area contributed by atoms with E-state index in [1.165, 1.54) is 6.07 Å². The summed E-state index contributed by atoms with van der Waals surface area (Å²) in [6, 6.07) is 15.3. The van der Waals surface area contributed by atoms with Crippen LogP contribution in [0, 0.1) is 0 Å². The van der Waals surface area contributed by atoms with Gasteiger partial charge < -0.3 is 5.73 Å². The van der Waals surface area contributed by atoms with Gasteiger partial charge in [-0.2, -0.15) is 0 Å². The van der Waals surface area contributed by atoms with Gasteiger partial charge in [0.1, 0.15) is 0 Å². The summed E-state index contributed by atoms with van der Waals surface area (Å²) in [5.41, 5.74) is 6.11. The van der Waals surface area contributed by atoms with Crippen molar-refractivity contribution < 1.29 is 13.2 Å². The zero-order valence-electron chi connectivity index (χ0n) is 9.41. The number of carbonyl (C=O) groups is 1. The molecule has 0 saturated carbocycles. The molecule has 0 bridgehead atoms. The Morgan fingerprint density at radius 2 is 1.44 bits per heavy atom. The van der Waals surface area contributed by atoms with Crippen LogP contribution < -0.4 is 5.73 Å². The number of hydrogen-bond acceptors (Lipinski definition) is 3. The maximum Gasteiger partial charge on any atom is 0.338 e. The molecular formula is C13H11NO3S. The summed E-state index contributed by atoms with van der Waals surface area (Å²) in [5.74, 6) is 0. The van der Waals surface area contributed by atoms with Crippen LogP contribution in [0.2, 0.25) is 0 Å². The molecular weight excluding hydrogens is 250 g/mol. The summed E-state index contributed by atoms with van der Waals surface area (Å²) in [6.07, 6.45) is 0. The van der Waals surface area contributed by atoms with Crippen LogP contribution in [0.4, 0.5) is 4.79 Å². The van der Waals surface area contributed by atoms with E-state index >= 15 is 0 Å². The van der Waals surface area contributed by atoms with Crippen LogP contribution in [-0.2, 0) is 9.84 Å². The lowest BCUT2D eigenvalue weighted by Gasteiger charge is -2.08. The highest BCUT2D eigenvalue weighted by Crippen LogP contribution is 2.27. The Morgan fingerprint density at radius 3 is 2.06 bits per heavy atom. The highest BCUT2D eigenvalue weighted by atomic mass is 32.2. The summed E-state index contributed by atoms with van der Waals surface area (Å²) in [4.78, 5) is 11.0. The molecule has 0 atom stereocenters. The molecule has 18 heavy (non-hydrogen) atoms. The molecule has 0 radical (unpaired) electrons. The van der Waals surface area contributed by atoms with Gasteiger partial charge in [-0.05, 0) is 11.6 Å². The molecule has 0 unspecified atom stereocenters. The molecule has 0 heterocycles. The predicted octanol–water partition coefficient (Wildman–Crippen LogP) is 2.21. The minimum absolute atomic E-state index is 0.0660. The van der Waals surface area contributed by atoms with Crippen molar-refractivity contribution in [2.75, 3.05) is 0 Å². The van der Waals surface area contributed by atoms with Gasteiger partial charge in [0, 0.05) is 5.56 Å². The fourth-order valence-electron chi connectivity index (χ4n) is 1.67. The second-order valence-corrected chi connectivity index (χ2v) is 5.53. The summed E-state index contributed by atoms with van der Waals surface area (Å²) in [6.45, 7) is 0. The third kappa shape index (κ3) is 2.12. The van der Waals surface area contributed by atoms with Gasteiger partial charge in [0.2, 0.25) is 0 Å². The Hall–Kier alpha value is -2.14. The molecule has 5 heteroatoms. The summed E-state index contributed by atoms with van der Waals surface area (Å²) in [5, 5.41) is -1.34. The second-order valence-electron chi connectivity index (χ2n) is 3.68. The van der Waals surface area contributed by atoms with Crippen molar-refractivity contribution in [3.05, 3.63) is 54.6 Å². The van der Waals surface area contributed by atoms with Crippen molar-refractivity contribution in [3.63, 3.8) is 0 Å². The lowest BCUT2D eigenvalue weighted by atomic mass is 10.1. The molecule has 2 rings (SSSR count). The average molecular weight is 261 g/mol. The van der Waals surface area contributed by atoms with E-state index in [-0.39, 0.29) is 4.90 Å². The van der Waals surface area contributed by atoms with Gasteiger partial charge in [-0.3, -0.25) is 4.79 Å². The van der Waals surface area contributed by atoms with Gasteiger partial charge >= 0.3 is 5.24 Å². The van der Waals surface area contributed by atoms with E-state index in [4.69, 9.17) is 5.73 Å². The van der Waals surface area contributed by atoms with Crippen molar-refractivity contribution in [3.8, 4) is 11.1 Å². The van der Waals surface area contributed by atoms with E-state index in [2.05, 4.69) is 0 Å². The fraction of sp³-hybridized carbons (Fsp3) is 0. The molecule has 2 aromatic rings. The van der Waals surface area contributed by atoms with Crippen LogP contribution in [0.25, 0.3) is 11.1 Å². The first-order chi connectivity index (χ1) is 8.53. The van der Waals surface area contributed by atoms with Crippen LogP contribution in [0.1, 0.15) is 0 Å². The third-order valence-electron chi connectivity index (χ3n) is 2.53. The molecule has 4 nitrogen and oxygen atoms in total. The molecule has 92 valence electrons. The molecule has 2 aromatic carbocycles. The highest BCUT2D eigenvalue weighted by Gasteiger charge is 2.24. The van der Waals surface area contributed by atoms with Crippen molar-refractivity contribution >= 4 is 15.1 Å². The molecule has 0 aliphatic carbocycles. The predicted molar refractivity (Wildman–Crippen MR) is 68.6 cm³/mol. The van der Waals surface area contributed by atoms with E-state index in [1.54, 1.807) is 42.5 Å². The van der Waals surface area contributed by atoms with Crippen molar-refractivity contribution in [2.24, 2.45) is 5.73 Å². The van der Waals surface area contributed by atoms with Gasteiger partial charge in [-0.25, -0.2) is 8.42 Å². The molecule has 2 N–H and O–H groups in total. The number of nitrogens with two attached hydrogens (primary N) is 1. The summed E-state index contributed by atoms with van der Waals surface area (Å²) in [7, 11) is -4.12. The lowest BCUT2D eigenvalue weighted by molar-refractivity contribution is 0.265. The standard InChI is InChI=1S/C13H11NO3S/c14-13(15)18(16,17)12-9-5-4-8-11(12)10-6-2-1-3-7-10/h1-9H,(H2,14,15). The third-order valence-corrected chi connectivity index (χ3v) is 3.99. The summed E-state index contributed by atoms with van der Waals surface area (Å²) >= 11 is 0. The quantitative estimate of drug-likeness (QED) is 0.900. The Kier molecular flexibility index (Phi) is 3.16. The number of sulfone groups is 1. The zero-order chi connectivity index (χ0) is 13.2. The average Bonchev–Trinajstić information content (AvgIpc) is 2.39. The van der Waals surface area contributed by atoms with E-state index in [0.717, 1.165) is 5.56 Å². The SMILES string of the molecule is NC(=O)S(=O)(=O)c1ccccc1-c1ccccc1. The molecule has 0 fully saturated rings.